The normalized spacial score (nSPS) is 29.9. The van der Waals surface area contributed by atoms with Gasteiger partial charge in [-0.15, -0.1) is 0 Å². The highest BCUT2D eigenvalue weighted by Gasteiger charge is 2.37. The summed E-state index contributed by atoms with van der Waals surface area (Å²) in [5.74, 6) is 3.27. The molecule has 6 heteroatoms. The van der Waals surface area contributed by atoms with Crippen molar-refractivity contribution in [1.29, 1.82) is 0 Å². The number of amides is 1. The Kier molecular flexibility index (Phi) is 5.80. The molecule has 2 fully saturated rings. The van der Waals surface area contributed by atoms with Crippen LogP contribution in [0.25, 0.3) is 0 Å². The average Bonchev–Trinajstić information content (AvgIpc) is 3.03. The molecule has 0 aromatic carbocycles. The van der Waals surface area contributed by atoms with E-state index in [9.17, 15) is 4.79 Å². The first-order valence-electron chi connectivity index (χ1n) is 7.71. The number of nitrogens with one attached hydrogen (secondary N) is 1. The van der Waals surface area contributed by atoms with E-state index < -0.39 is 5.60 Å². The lowest BCUT2D eigenvalue weighted by atomic mass is 10.1. The highest BCUT2D eigenvalue weighted by Crippen LogP contribution is 2.23. The highest BCUT2D eigenvalue weighted by molar-refractivity contribution is 7.99. The average molecular weight is 316 g/mol. The summed E-state index contributed by atoms with van der Waals surface area (Å²) in [6.07, 6.45) is 1.09. The molecule has 1 N–H and O–H groups in total. The Bertz CT molecular complexity index is 353. The van der Waals surface area contributed by atoms with Crippen LogP contribution in [0, 0.1) is 5.92 Å². The minimum atomic E-state index is -0.452. The summed E-state index contributed by atoms with van der Waals surface area (Å²) >= 11 is 2.03. The molecule has 2 aliphatic heterocycles. The van der Waals surface area contributed by atoms with E-state index in [1.165, 1.54) is 17.9 Å². The van der Waals surface area contributed by atoms with E-state index in [0.717, 1.165) is 12.5 Å². The van der Waals surface area contributed by atoms with Crippen LogP contribution in [0.15, 0.2) is 0 Å². The SMILES string of the molecule is CO[C@H]1CN(C(=O)OC(C)(C)C)CC1NCC1CCSC1. The first-order valence-corrected chi connectivity index (χ1v) is 8.86. The van der Waals surface area contributed by atoms with Gasteiger partial charge in [0.25, 0.3) is 0 Å². The van der Waals surface area contributed by atoms with Crippen molar-refractivity contribution in [3.8, 4) is 0 Å². The van der Waals surface area contributed by atoms with E-state index in [1.807, 2.05) is 32.5 Å². The first kappa shape index (κ1) is 16.9. The first-order chi connectivity index (χ1) is 9.89. The number of carbonyl (C=O) groups excluding carboxylic acids is 1. The van der Waals surface area contributed by atoms with Gasteiger partial charge in [0.05, 0.1) is 18.7 Å². The zero-order chi connectivity index (χ0) is 15.5. The fourth-order valence-electron chi connectivity index (χ4n) is 2.75. The number of thioether (sulfide) groups is 1. The van der Waals surface area contributed by atoms with Crippen molar-refractivity contribution in [1.82, 2.24) is 10.2 Å². The predicted octanol–water partition coefficient (Wildman–Crippen LogP) is 1.96. The van der Waals surface area contributed by atoms with Crippen LogP contribution in [0.1, 0.15) is 27.2 Å². The topological polar surface area (TPSA) is 50.8 Å². The third-order valence-corrected chi connectivity index (χ3v) is 5.14. The molecule has 0 spiro atoms. The fourth-order valence-corrected chi connectivity index (χ4v) is 4.03. The fraction of sp³-hybridized carbons (Fsp3) is 0.933. The second-order valence-corrected chi connectivity index (χ2v) is 8.05. The van der Waals surface area contributed by atoms with Gasteiger partial charge < -0.3 is 19.7 Å². The van der Waals surface area contributed by atoms with Gasteiger partial charge >= 0.3 is 6.09 Å². The van der Waals surface area contributed by atoms with Gasteiger partial charge in [-0.25, -0.2) is 4.79 Å². The molecule has 0 aromatic rings. The summed E-state index contributed by atoms with van der Waals surface area (Å²) in [6.45, 7) is 7.95. The maximum absolute atomic E-state index is 12.1. The molecule has 0 bridgehead atoms. The molecular formula is C15H28N2O3S. The Morgan fingerprint density at radius 3 is 2.71 bits per heavy atom. The van der Waals surface area contributed by atoms with E-state index in [-0.39, 0.29) is 18.2 Å². The van der Waals surface area contributed by atoms with E-state index in [2.05, 4.69) is 5.32 Å². The molecule has 21 heavy (non-hydrogen) atoms. The second kappa shape index (κ2) is 7.20. The third-order valence-electron chi connectivity index (χ3n) is 3.91. The molecule has 2 rings (SSSR count). The van der Waals surface area contributed by atoms with Gasteiger partial charge in [-0.3, -0.25) is 0 Å². The molecule has 2 heterocycles. The predicted molar refractivity (Wildman–Crippen MR) is 85.8 cm³/mol. The maximum atomic E-state index is 12.1. The number of rotatable bonds is 4. The van der Waals surface area contributed by atoms with Gasteiger partial charge in [0, 0.05) is 13.7 Å². The minimum absolute atomic E-state index is 0.0478. The Balaban J connectivity index is 1.83. The molecular weight excluding hydrogens is 288 g/mol. The highest BCUT2D eigenvalue weighted by atomic mass is 32.2. The molecule has 0 saturated carbocycles. The summed E-state index contributed by atoms with van der Waals surface area (Å²) in [4.78, 5) is 13.9. The van der Waals surface area contributed by atoms with Crippen LogP contribution in [0.2, 0.25) is 0 Å². The van der Waals surface area contributed by atoms with Crippen LogP contribution in [0.5, 0.6) is 0 Å². The molecule has 1 amide bonds. The summed E-state index contributed by atoms with van der Waals surface area (Å²) in [5.41, 5.74) is -0.452. The van der Waals surface area contributed by atoms with Crippen molar-refractivity contribution in [2.45, 2.75) is 44.9 Å². The number of methoxy groups -OCH3 is 1. The van der Waals surface area contributed by atoms with Gasteiger partial charge in [0.1, 0.15) is 5.60 Å². The van der Waals surface area contributed by atoms with Gasteiger partial charge in [0.15, 0.2) is 0 Å². The molecule has 3 atom stereocenters. The van der Waals surface area contributed by atoms with Crippen molar-refractivity contribution in [2.75, 3.05) is 38.2 Å². The molecule has 2 saturated heterocycles. The lowest BCUT2D eigenvalue weighted by Gasteiger charge is -2.24. The molecule has 0 aliphatic carbocycles. The van der Waals surface area contributed by atoms with E-state index in [1.54, 1.807) is 12.0 Å². The van der Waals surface area contributed by atoms with Crippen LogP contribution in [-0.2, 0) is 9.47 Å². The second-order valence-electron chi connectivity index (χ2n) is 6.90. The number of hydrogen-bond acceptors (Lipinski definition) is 5. The molecule has 2 unspecified atom stereocenters. The van der Waals surface area contributed by atoms with Gasteiger partial charge in [0.2, 0.25) is 0 Å². The minimum Gasteiger partial charge on any atom is -0.444 e. The third kappa shape index (κ3) is 5.04. The quantitative estimate of drug-likeness (QED) is 0.859. The molecule has 0 radical (unpaired) electrons. The van der Waals surface area contributed by atoms with Gasteiger partial charge in [-0.1, -0.05) is 0 Å². The van der Waals surface area contributed by atoms with Crippen molar-refractivity contribution >= 4 is 17.9 Å². The summed E-state index contributed by atoms with van der Waals surface area (Å²) < 4.78 is 11.0. The van der Waals surface area contributed by atoms with Crippen molar-refractivity contribution in [3.05, 3.63) is 0 Å². The number of likely N-dealkylation sites (tertiary alicyclic amines) is 1. The number of carbonyl (C=O) groups is 1. The monoisotopic (exact) mass is 316 g/mol. The summed E-state index contributed by atoms with van der Waals surface area (Å²) in [7, 11) is 1.71. The Morgan fingerprint density at radius 2 is 2.14 bits per heavy atom. The number of nitrogens with zero attached hydrogens (tertiary/aromatic N) is 1. The van der Waals surface area contributed by atoms with E-state index in [0.29, 0.717) is 13.1 Å². The maximum Gasteiger partial charge on any atom is 0.410 e. The largest absolute Gasteiger partial charge is 0.444 e. The van der Waals surface area contributed by atoms with Crippen LogP contribution in [0.3, 0.4) is 0 Å². The van der Waals surface area contributed by atoms with Crippen molar-refractivity contribution in [2.24, 2.45) is 5.92 Å². The number of ether oxygens (including phenoxy) is 2. The molecule has 122 valence electrons. The van der Waals surface area contributed by atoms with E-state index in [4.69, 9.17) is 9.47 Å². The van der Waals surface area contributed by atoms with Crippen molar-refractivity contribution < 1.29 is 14.3 Å². The molecule has 5 nitrogen and oxygen atoms in total. The standard InChI is InChI=1S/C15H28N2O3S/c1-15(2,3)20-14(18)17-8-12(13(9-17)19-4)16-7-11-5-6-21-10-11/h11-13,16H,5-10H2,1-4H3/t11?,12?,13-/m0/s1. The zero-order valence-electron chi connectivity index (χ0n) is 13.6. The smallest absolute Gasteiger partial charge is 0.410 e. The van der Waals surface area contributed by atoms with Crippen LogP contribution in [-0.4, -0.2) is 67.0 Å². The Morgan fingerprint density at radius 1 is 1.38 bits per heavy atom. The molecule has 0 aromatic heterocycles. The van der Waals surface area contributed by atoms with Crippen LogP contribution in [0.4, 0.5) is 4.79 Å². The summed E-state index contributed by atoms with van der Waals surface area (Å²) in [5, 5.41) is 3.58. The van der Waals surface area contributed by atoms with Crippen LogP contribution >= 0.6 is 11.8 Å². The number of hydrogen-bond donors (Lipinski definition) is 1. The van der Waals surface area contributed by atoms with E-state index >= 15 is 0 Å². The van der Waals surface area contributed by atoms with Gasteiger partial charge in [-0.05, 0) is 51.2 Å². The van der Waals surface area contributed by atoms with Crippen molar-refractivity contribution in [3.63, 3.8) is 0 Å². The Hall–Kier alpha value is -0.460. The molecule has 2 aliphatic rings. The summed E-state index contributed by atoms with van der Waals surface area (Å²) in [6, 6.07) is 0.202. The Labute approximate surface area is 132 Å². The lowest BCUT2D eigenvalue weighted by Crippen LogP contribution is -2.42. The zero-order valence-corrected chi connectivity index (χ0v) is 14.4. The van der Waals surface area contributed by atoms with Crippen LogP contribution < -0.4 is 5.32 Å². The van der Waals surface area contributed by atoms with Gasteiger partial charge in [-0.2, -0.15) is 11.8 Å². The lowest BCUT2D eigenvalue weighted by molar-refractivity contribution is 0.0252.